The Morgan fingerprint density at radius 2 is 1.03 bits per heavy atom. The van der Waals surface area contributed by atoms with Crippen LogP contribution < -0.4 is 9.47 Å². The zero-order chi connectivity index (χ0) is 27.7. The van der Waals surface area contributed by atoms with Crippen molar-refractivity contribution in [3.63, 3.8) is 0 Å². The summed E-state index contributed by atoms with van der Waals surface area (Å²) in [6.07, 6.45) is 0. The Labute approximate surface area is 218 Å². The van der Waals surface area contributed by atoms with Crippen LogP contribution in [0, 0.1) is 0 Å². The third kappa shape index (κ3) is 6.80. The first kappa shape index (κ1) is 28.9. The lowest BCUT2D eigenvalue weighted by Gasteiger charge is -2.40. The van der Waals surface area contributed by atoms with E-state index in [1.165, 1.54) is 12.1 Å². The molecule has 0 fully saturated rings. The number of hydrogen-bond donors (Lipinski definition) is 0. The van der Waals surface area contributed by atoms with Gasteiger partial charge in [0.05, 0.1) is 0 Å². The maximum atomic E-state index is 13.7. The number of benzene rings is 3. The summed E-state index contributed by atoms with van der Waals surface area (Å²) in [5, 5.41) is 0. The zero-order valence-electron chi connectivity index (χ0n) is 21.5. The lowest BCUT2D eigenvalue weighted by atomic mass is 10.1. The van der Waals surface area contributed by atoms with Crippen molar-refractivity contribution in [3.8, 4) is 11.5 Å². The molecule has 0 heterocycles. The lowest BCUT2D eigenvalue weighted by molar-refractivity contribution is -0.0496. The van der Waals surface area contributed by atoms with Gasteiger partial charge >= 0.3 is 15.6 Å². The Morgan fingerprint density at radius 1 is 0.595 bits per heavy atom. The van der Waals surface area contributed by atoms with Crippen molar-refractivity contribution in [1.82, 2.24) is 0 Å². The van der Waals surface area contributed by atoms with Gasteiger partial charge < -0.3 is 9.47 Å². The number of hydrogen-bond acceptors (Lipinski definition) is 5. The minimum absolute atomic E-state index is 0.193. The van der Waals surface area contributed by atoms with E-state index < -0.39 is 37.1 Å². The van der Waals surface area contributed by atoms with Crippen molar-refractivity contribution >= 4 is 20.4 Å². The second kappa shape index (κ2) is 10.2. The van der Waals surface area contributed by atoms with E-state index in [1.54, 1.807) is 66.7 Å². The summed E-state index contributed by atoms with van der Waals surface area (Å²) in [7, 11) is -9.48. The van der Waals surface area contributed by atoms with Crippen LogP contribution in [0.2, 0.25) is 0 Å². The molecule has 0 amide bonds. The van der Waals surface area contributed by atoms with E-state index in [-0.39, 0.29) is 20.4 Å². The Morgan fingerprint density at radius 3 is 1.43 bits per heavy atom. The van der Waals surface area contributed by atoms with Crippen LogP contribution in [0.25, 0.3) is 0 Å². The van der Waals surface area contributed by atoms with Gasteiger partial charge in [0.2, 0.25) is 0 Å². The smallest absolute Gasteiger partial charge is 0.484 e. The van der Waals surface area contributed by atoms with Gasteiger partial charge in [-0.25, -0.2) is 0 Å². The van der Waals surface area contributed by atoms with Gasteiger partial charge in [0.15, 0.2) is 11.5 Å². The highest BCUT2D eigenvalue weighted by Gasteiger charge is 2.52. The van der Waals surface area contributed by atoms with E-state index in [9.17, 15) is 21.6 Å². The van der Waals surface area contributed by atoms with Crippen molar-refractivity contribution in [1.29, 1.82) is 0 Å². The van der Waals surface area contributed by atoms with Gasteiger partial charge in [0.1, 0.15) is 11.2 Å². The van der Waals surface area contributed by atoms with Gasteiger partial charge in [-0.1, -0.05) is 36.4 Å². The van der Waals surface area contributed by atoms with Crippen molar-refractivity contribution in [2.75, 3.05) is 0 Å². The minimum atomic E-state index is -6.02. The summed E-state index contributed by atoms with van der Waals surface area (Å²) >= 11 is 0. The first-order valence-electron chi connectivity index (χ1n) is 11.4. The molecule has 3 aromatic rings. The molecule has 5 nitrogen and oxygen atoms in total. The third-order valence-corrected chi connectivity index (χ3v) is 9.59. The van der Waals surface area contributed by atoms with Gasteiger partial charge in [-0.2, -0.15) is 25.2 Å². The second-order valence-electron chi connectivity index (χ2n) is 10.2. The van der Waals surface area contributed by atoms with Gasteiger partial charge in [-0.15, -0.1) is 0 Å². The first-order valence-corrected chi connectivity index (χ1v) is 14.4. The first-order chi connectivity index (χ1) is 16.9. The number of halogens is 3. The quantitative estimate of drug-likeness (QED) is 0.275. The van der Waals surface area contributed by atoms with Gasteiger partial charge in [0, 0.05) is 14.7 Å². The average Bonchev–Trinajstić information content (AvgIpc) is 2.77. The van der Waals surface area contributed by atoms with E-state index in [1.807, 2.05) is 41.5 Å². The summed E-state index contributed by atoms with van der Waals surface area (Å²) in [4.78, 5) is 0.721. The molecule has 3 aromatic carbocycles. The van der Waals surface area contributed by atoms with Crippen molar-refractivity contribution in [2.24, 2.45) is 0 Å². The highest BCUT2D eigenvalue weighted by Crippen LogP contribution is 2.71. The Balaban J connectivity index is 2.41. The normalized spacial score (nSPS) is 13.8. The summed E-state index contributed by atoms with van der Waals surface area (Å²) in [5.41, 5.74) is -6.92. The van der Waals surface area contributed by atoms with Crippen molar-refractivity contribution in [3.05, 3.63) is 78.9 Å². The van der Waals surface area contributed by atoms with Crippen LogP contribution in [-0.4, -0.2) is 25.1 Å². The summed E-state index contributed by atoms with van der Waals surface area (Å²) < 4.78 is 83.8. The summed E-state index contributed by atoms with van der Waals surface area (Å²) in [6.45, 7) is 11.0. The fraction of sp³-hybridized carbons (Fsp3) is 0.333. The molecule has 37 heavy (non-hydrogen) atoms. The summed E-state index contributed by atoms with van der Waals surface area (Å²) in [6, 6.07) is 20.7. The predicted octanol–water partition coefficient (Wildman–Crippen LogP) is 8.10. The SMILES string of the molecule is CC(C)(C)Oc1ccc(S(OS(=O)(=O)C(F)(F)F)(c2ccccc2)c2ccccc2)cc1OC(C)(C)C. The lowest BCUT2D eigenvalue weighted by Crippen LogP contribution is -2.28. The number of rotatable bonds is 7. The van der Waals surface area contributed by atoms with E-state index >= 15 is 0 Å². The molecule has 0 aromatic heterocycles. The fourth-order valence-electron chi connectivity index (χ4n) is 3.41. The van der Waals surface area contributed by atoms with Crippen LogP contribution in [0.5, 0.6) is 11.5 Å². The molecule has 0 aliphatic heterocycles. The van der Waals surface area contributed by atoms with Crippen LogP contribution in [0.3, 0.4) is 0 Å². The Kier molecular flexibility index (Phi) is 7.98. The van der Waals surface area contributed by atoms with E-state index in [4.69, 9.17) is 13.1 Å². The Hall–Kier alpha value is -2.69. The molecule has 0 aliphatic carbocycles. The van der Waals surface area contributed by atoms with Crippen LogP contribution >= 0.6 is 10.3 Å². The molecule has 0 spiro atoms. The van der Waals surface area contributed by atoms with Crippen LogP contribution in [0.1, 0.15) is 41.5 Å². The predicted molar refractivity (Wildman–Crippen MR) is 139 cm³/mol. The van der Waals surface area contributed by atoms with Crippen molar-refractivity contribution < 1.29 is 34.7 Å². The van der Waals surface area contributed by atoms with E-state index in [2.05, 4.69) is 0 Å². The maximum Gasteiger partial charge on any atom is 0.524 e. The number of ether oxygens (including phenoxy) is 2. The van der Waals surface area contributed by atoms with Gasteiger partial charge in [-0.3, -0.25) is 0 Å². The topological polar surface area (TPSA) is 61.8 Å². The van der Waals surface area contributed by atoms with Crippen LogP contribution in [-0.2, 0) is 13.7 Å². The molecule has 0 saturated heterocycles. The third-order valence-electron chi connectivity index (χ3n) is 4.70. The monoisotopic (exact) mass is 556 g/mol. The zero-order valence-corrected chi connectivity index (χ0v) is 23.1. The molecule has 0 atom stereocenters. The molecule has 0 bridgehead atoms. The van der Waals surface area contributed by atoms with Gasteiger partial charge in [-0.05, 0) is 94.3 Å². The molecule has 0 unspecified atom stereocenters. The Bertz CT molecular complexity index is 1270. The summed E-state index contributed by atoms with van der Waals surface area (Å²) in [5.74, 6) is 0.607. The maximum absolute atomic E-state index is 13.7. The standard InChI is InChI=1S/C27H31F3O5S2/c1-25(2,3)33-23-18-17-22(19-24(23)34-26(4,5)6)36(20-13-9-7-10-14-20,21-15-11-8-12-16-21)35-37(31,32)27(28,29)30/h7-19H,1-6H3. The molecule has 0 aliphatic rings. The highest BCUT2D eigenvalue weighted by molar-refractivity contribution is 8.33. The molecular formula is C27H31F3O5S2. The highest BCUT2D eigenvalue weighted by atomic mass is 32.3. The molecule has 0 radical (unpaired) electrons. The molecule has 0 N–H and O–H groups in total. The van der Waals surface area contributed by atoms with Crippen LogP contribution in [0.15, 0.2) is 93.5 Å². The van der Waals surface area contributed by atoms with E-state index in [0.717, 1.165) is 0 Å². The molecule has 0 saturated carbocycles. The van der Waals surface area contributed by atoms with Crippen molar-refractivity contribution in [2.45, 2.75) is 72.9 Å². The molecule has 10 heteroatoms. The number of alkyl halides is 3. The van der Waals surface area contributed by atoms with E-state index in [0.29, 0.717) is 5.75 Å². The molecule has 3 rings (SSSR count). The molecule has 202 valence electrons. The van der Waals surface area contributed by atoms with Crippen LogP contribution in [0.4, 0.5) is 13.2 Å². The average molecular weight is 557 g/mol. The minimum Gasteiger partial charge on any atom is -0.484 e. The second-order valence-corrected chi connectivity index (χ2v) is 14.6. The largest absolute Gasteiger partial charge is 0.524 e. The van der Waals surface area contributed by atoms with Gasteiger partial charge in [0.25, 0.3) is 0 Å². The fourth-order valence-corrected chi connectivity index (χ4v) is 8.17. The molecular weight excluding hydrogens is 525 g/mol.